The normalized spacial score (nSPS) is 12.0. The summed E-state index contributed by atoms with van der Waals surface area (Å²) in [6, 6.07) is 1.65. The molecule has 0 aliphatic heterocycles. The molecule has 7 nitrogen and oxygen atoms in total. The lowest BCUT2D eigenvalue weighted by molar-refractivity contribution is -0.142. The molecule has 2 aromatic heterocycles. The first-order valence-electron chi connectivity index (χ1n) is 6.98. The van der Waals surface area contributed by atoms with E-state index < -0.39 is 0 Å². The van der Waals surface area contributed by atoms with Crippen molar-refractivity contribution in [1.29, 1.82) is 0 Å². The molecule has 1 unspecified atom stereocenters. The third-order valence-electron chi connectivity index (χ3n) is 2.69. The van der Waals surface area contributed by atoms with E-state index in [0.717, 1.165) is 4.34 Å². The summed E-state index contributed by atoms with van der Waals surface area (Å²) in [5, 5.41) is 7.84. The van der Waals surface area contributed by atoms with Gasteiger partial charge in [-0.15, -0.1) is 11.3 Å². The van der Waals surface area contributed by atoms with Gasteiger partial charge >= 0.3 is 5.97 Å². The van der Waals surface area contributed by atoms with Crippen LogP contribution in [0, 0.1) is 6.92 Å². The van der Waals surface area contributed by atoms with Gasteiger partial charge in [0.1, 0.15) is 5.76 Å². The van der Waals surface area contributed by atoms with E-state index in [1.807, 2.05) is 0 Å². The van der Waals surface area contributed by atoms with E-state index in [-0.39, 0.29) is 23.5 Å². The van der Waals surface area contributed by atoms with E-state index in [2.05, 4.69) is 15.5 Å². The summed E-state index contributed by atoms with van der Waals surface area (Å²) < 4.78 is 10.5. The standard InChI is InChI=1S/C14H17N3O4S2/c1-4-20-12(18)6-10-7-22-14(15-10)23-9(3)13(19)16-11-5-8(2)21-17-11/h5,7,9H,4,6H2,1-3H3,(H,16,17,19). The molecule has 124 valence electrons. The van der Waals surface area contributed by atoms with Crippen molar-refractivity contribution in [2.45, 2.75) is 36.8 Å². The number of thiazole rings is 1. The number of amides is 1. The Labute approximate surface area is 141 Å². The summed E-state index contributed by atoms with van der Waals surface area (Å²) in [5.74, 6) is 0.526. The van der Waals surface area contributed by atoms with Gasteiger partial charge in [-0.2, -0.15) is 0 Å². The maximum atomic E-state index is 12.1. The minimum absolute atomic E-state index is 0.143. The van der Waals surface area contributed by atoms with E-state index in [0.29, 0.717) is 23.9 Å². The highest BCUT2D eigenvalue weighted by atomic mass is 32.2. The number of esters is 1. The predicted molar refractivity (Wildman–Crippen MR) is 87.6 cm³/mol. The number of aromatic nitrogens is 2. The maximum Gasteiger partial charge on any atom is 0.311 e. The van der Waals surface area contributed by atoms with Crippen molar-refractivity contribution in [2.24, 2.45) is 0 Å². The molecule has 0 aromatic carbocycles. The first-order valence-corrected chi connectivity index (χ1v) is 8.74. The Balaban J connectivity index is 1.87. The summed E-state index contributed by atoms with van der Waals surface area (Å²) in [4.78, 5) is 27.8. The fourth-order valence-corrected chi connectivity index (χ4v) is 3.62. The Bertz CT molecular complexity index is 683. The Morgan fingerprint density at radius 1 is 1.52 bits per heavy atom. The van der Waals surface area contributed by atoms with Gasteiger partial charge in [-0.25, -0.2) is 4.98 Å². The van der Waals surface area contributed by atoms with Crippen molar-refractivity contribution < 1.29 is 18.8 Å². The van der Waals surface area contributed by atoms with E-state index in [1.54, 1.807) is 32.2 Å². The molecule has 0 aliphatic carbocycles. The monoisotopic (exact) mass is 355 g/mol. The third kappa shape index (κ3) is 5.36. The first kappa shape index (κ1) is 17.5. The lowest BCUT2D eigenvalue weighted by Crippen LogP contribution is -2.22. The summed E-state index contributed by atoms with van der Waals surface area (Å²) >= 11 is 2.72. The van der Waals surface area contributed by atoms with Crippen molar-refractivity contribution in [3.63, 3.8) is 0 Å². The van der Waals surface area contributed by atoms with Gasteiger partial charge in [0.2, 0.25) is 5.91 Å². The molecule has 0 aliphatic rings. The van der Waals surface area contributed by atoms with Gasteiger partial charge in [0.25, 0.3) is 0 Å². The average Bonchev–Trinajstić information content (AvgIpc) is 3.08. The van der Waals surface area contributed by atoms with E-state index in [4.69, 9.17) is 9.26 Å². The molecule has 0 spiro atoms. The molecule has 0 radical (unpaired) electrons. The number of rotatable bonds is 7. The number of hydrogen-bond donors (Lipinski definition) is 1. The predicted octanol–water partition coefficient (Wildman–Crippen LogP) is 2.66. The van der Waals surface area contributed by atoms with Crippen LogP contribution in [0.2, 0.25) is 0 Å². The Morgan fingerprint density at radius 2 is 2.30 bits per heavy atom. The van der Waals surface area contributed by atoms with Crippen molar-refractivity contribution in [1.82, 2.24) is 10.1 Å². The van der Waals surface area contributed by atoms with Crippen LogP contribution in [0.4, 0.5) is 5.82 Å². The van der Waals surface area contributed by atoms with Gasteiger partial charge < -0.3 is 14.6 Å². The zero-order chi connectivity index (χ0) is 16.8. The van der Waals surface area contributed by atoms with Crippen LogP contribution in [0.5, 0.6) is 0 Å². The highest BCUT2D eigenvalue weighted by Gasteiger charge is 2.18. The minimum Gasteiger partial charge on any atom is -0.466 e. The third-order valence-corrected chi connectivity index (χ3v) is 4.81. The van der Waals surface area contributed by atoms with Gasteiger partial charge in [0, 0.05) is 11.4 Å². The summed E-state index contributed by atoms with van der Waals surface area (Å²) in [7, 11) is 0. The number of nitrogens with one attached hydrogen (secondary N) is 1. The van der Waals surface area contributed by atoms with Crippen LogP contribution >= 0.6 is 23.1 Å². The first-order chi connectivity index (χ1) is 11.0. The smallest absolute Gasteiger partial charge is 0.311 e. The fourth-order valence-electron chi connectivity index (χ4n) is 1.64. The van der Waals surface area contributed by atoms with E-state index >= 15 is 0 Å². The zero-order valence-corrected chi connectivity index (χ0v) is 14.6. The zero-order valence-electron chi connectivity index (χ0n) is 13.0. The van der Waals surface area contributed by atoms with Crippen molar-refractivity contribution in [3.8, 4) is 0 Å². The number of thioether (sulfide) groups is 1. The van der Waals surface area contributed by atoms with Crippen LogP contribution < -0.4 is 5.32 Å². The molecule has 1 atom stereocenters. The lowest BCUT2D eigenvalue weighted by atomic mass is 10.3. The Kier molecular flexibility index (Phi) is 6.17. The second-order valence-electron chi connectivity index (χ2n) is 4.66. The number of carbonyl (C=O) groups is 2. The maximum absolute atomic E-state index is 12.1. The van der Waals surface area contributed by atoms with Gasteiger partial charge in [-0.3, -0.25) is 9.59 Å². The number of nitrogens with zero attached hydrogens (tertiary/aromatic N) is 2. The molecular weight excluding hydrogens is 338 g/mol. The quantitative estimate of drug-likeness (QED) is 0.602. The van der Waals surface area contributed by atoms with Gasteiger partial charge in [0.05, 0.1) is 24.0 Å². The molecule has 2 rings (SSSR count). The van der Waals surface area contributed by atoms with E-state index in [1.165, 1.54) is 23.1 Å². The van der Waals surface area contributed by atoms with Gasteiger partial charge in [0.15, 0.2) is 10.2 Å². The largest absolute Gasteiger partial charge is 0.466 e. The van der Waals surface area contributed by atoms with Gasteiger partial charge in [-0.05, 0) is 20.8 Å². The number of carbonyl (C=O) groups excluding carboxylic acids is 2. The van der Waals surface area contributed by atoms with Crippen LogP contribution in [0.25, 0.3) is 0 Å². The Morgan fingerprint density at radius 3 is 2.96 bits per heavy atom. The van der Waals surface area contributed by atoms with Crippen LogP contribution in [0.15, 0.2) is 20.3 Å². The van der Waals surface area contributed by atoms with Crippen LogP contribution in [-0.4, -0.2) is 33.9 Å². The molecule has 9 heteroatoms. The minimum atomic E-state index is -0.353. The Hall–Kier alpha value is -1.87. The summed E-state index contributed by atoms with van der Waals surface area (Å²) in [5.41, 5.74) is 0.649. The second-order valence-corrected chi connectivity index (χ2v) is 7.10. The number of hydrogen-bond acceptors (Lipinski definition) is 8. The summed E-state index contributed by atoms with van der Waals surface area (Å²) in [6.07, 6.45) is 0.143. The number of anilines is 1. The van der Waals surface area contributed by atoms with Crippen molar-refractivity contribution in [3.05, 3.63) is 22.9 Å². The highest BCUT2D eigenvalue weighted by Crippen LogP contribution is 2.27. The number of ether oxygens (including phenoxy) is 1. The SMILES string of the molecule is CCOC(=O)Cc1csc(SC(C)C(=O)Nc2cc(C)on2)n1. The molecule has 0 saturated heterocycles. The van der Waals surface area contributed by atoms with Crippen LogP contribution in [0.3, 0.4) is 0 Å². The molecule has 2 aromatic rings. The van der Waals surface area contributed by atoms with E-state index in [9.17, 15) is 9.59 Å². The molecule has 2 heterocycles. The molecular formula is C14H17N3O4S2. The highest BCUT2D eigenvalue weighted by molar-refractivity contribution is 8.02. The number of aryl methyl sites for hydroxylation is 1. The topological polar surface area (TPSA) is 94.3 Å². The molecule has 1 amide bonds. The molecule has 1 N–H and O–H groups in total. The molecule has 23 heavy (non-hydrogen) atoms. The molecule has 0 saturated carbocycles. The van der Waals surface area contributed by atoms with Crippen molar-refractivity contribution in [2.75, 3.05) is 11.9 Å². The average molecular weight is 355 g/mol. The van der Waals surface area contributed by atoms with Crippen LogP contribution in [-0.2, 0) is 20.7 Å². The fraction of sp³-hybridized carbons (Fsp3) is 0.429. The lowest BCUT2D eigenvalue weighted by Gasteiger charge is -2.07. The summed E-state index contributed by atoms with van der Waals surface area (Å²) in [6.45, 7) is 5.64. The molecule has 0 fully saturated rings. The second kappa shape index (κ2) is 8.11. The van der Waals surface area contributed by atoms with Crippen molar-refractivity contribution >= 4 is 40.8 Å². The van der Waals surface area contributed by atoms with Crippen LogP contribution in [0.1, 0.15) is 25.3 Å². The molecule has 0 bridgehead atoms. The van der Waals surface area contributed by atoms with Gasteiger partial charge in [-0.1, -0.05) is 16.9 Å².